The summed E-state index contributed by atoms with van der Waals surface area (Å²) >= 11 is 0. The van der Waals surface area contributed by atoms with Crippen molar-refractivity contribution in [2.45, 2.75) is 0 Å². The van der Waals surface area contributed by atoms with Crippen LogP contribution in [0.3, 0.4) is 0 Å². The molecule has 0 aromatic carbocycles. The first kappa shape index (κ1) is 15.9. The van der Waals surface area contributed by atoms with Crippen LogP contribution in [-0.4, -0.2) is 0 Å². The molecule has 0 spiro atoms. The summed E-state index contributed by atoms with van der Waals surface area (Å²) < 4.78 is 18.9. The first-order valence-electron chi connectivity index (χ1n) is 1.81. The van der Waals surface area contributed by atoms with Gasteiger partial charge in [-0.2, -0.15) is 0 Å². The van der Waals surface area contributed by atoms with Crippen molar-refractivity contribution >= 4 is 15.6 Å². The fourth-order valence-corrected chi connectivity index (χ4v) is 2.08. The van der Waals surface area contributed by atoms with Crippen LogP contribution in [0.4, 0.5) is 0 Å². The van der Waals surface area contributed by atoms with Gasteiger partial charge in [-0.3, -0.25) is 0 Å². The summed E-state index contributed by atoms with van der Waals surface area (Å²) in [7, 11) is -11.5. The summed E-state index contributed by atoms with van der Waals surface area (Å²) in [6.45, 7) is 0. The molecule has 0 saturated carbocycles. The number of hydrogen-bond acceptors (Lipinski definition) is 8. The van der Waals surface area contributed by atoms with Gasteiger partial charge in [0.2, 0.25) is 0 Å². The summed E-state index contributed by atoms with van der Waals surface area (Å²) in [6, 6.07) is 0. The van der Waals surface area contributed by atoms with Crippen LogP contribution in [0.25, 0.3) is 0 Å². The molecule has 0 unspecified atom stereocenters. The molecule has 0 bridgehead atoms. The van der Waals surface area contributed by atoms with Crippen LogP contribution in [0.5, 0.6) is 0 Å². The van der Waals surface area contributed by atoms with E-state index < -0.39 is 15.6 Å². The van der Waals surface area contributed by atoms with E-state index in [0.29, 0.717) is 0 Å². The summed E-state index contributed by atoms with van der Waals surface area (Å²) in [5, 5.41) is 0. The Morgan fingerprint density at radius 1 is 1.17 bits per heavy atom. The topological polar surface area (TPSA) is 144 Å². The van der Waals surface area contributed by atoms with E-state index in [4.69, 9.17) is 0 Å². The smallest absolute Gasteiger partial charge is 2.00 e. The molecule has 1 aliphatic rings. The Labute approximate surface area is 87.7 Å². The van der Waals surface area contributed by atoms with Crippen LogP contribution in [0.2, 0.25) is 0 Å². The van der Waals surface area contributed by atoms with Crippen molar-refractivity contribution in [3.8, 4) is 0 Å². The van der Waals surface area contributed by atoms with E-state index in [1.54, 1.807) is 0 Å². The third-order valence-electron chi connectivity index (χ3n) is 0.490. The molecule has 1 saturated heterocycles. The summed E-state index contributed by atoms with van der Waals surface area (Å²) in [5.41, 5.74) is 0. The summed E-state index contributed by atoms with van der Waals surface area (Å²) in [6.07, 6.45) is 0. The van der Waals surface area contributed by atoms with Crippen molar-refractivity contribution in [2.75, 3.05) is 0 Å². The van der Waals surface area contributed by atoms with Crippen LogP contribution in [0.15, 0.2) is 0 Å². The quantitative estimate of drug-likeness (QED) is 0.222. The van der Waals surface area contributed by atoms with Gasteiger partial charge in [0.1, 0.15) is 0 Å². The molecule has 0 N–H and O–H groups in total. The fraction of sp³-hybridized carbons (Fsp3) is 0. The normalized spacial score (nSPS) is 26.8. The third kappa shape index (κ3) is 5.21. The Hall–Kier alpha value is 1.42. The van der Waals surface area contributed by atoms with E-state index in [0.717, 1.165) is 0 Å². The van der Waals surface area contributed by atoms with Crippen LogP contribution in [0.1, 0.15) is 0 Å². The van der Waals surface area contributed by atoms with Crippen LogP contribution >= 0.6 is 15.6 Å². The first-order chi connectivity index (χ1) is 4.20. The SMILES string of the molecule is O=P([O-])([O-])OP1([O-])([O-])OO1.[Mn+2].[Mn+2]. The van der Waals surface area contributed by atoms with Crippen molar-refractivity contribution in [1.29, 1.82) is 0 Å². The monoisotopic (exact) mass is 300 g/mol. The van der Waals surface area contributed by atoms with Gasteiger partial charge in [-0.05, 0) is 0 Å². The molecule has 0 aliphatic carbocycles. The molecule has 12 heteroatoms. The number of hydrogen-bond donors (Lipinski definition) is 0. The zero-order valence-electron chi connectivity index (χ0n) is 4.92. The number of phosphoric acid groups is 1. The van der Waals surface area contributed by atoms with E-state index in [2.05, 4.69) is 13.7 Å². The van der Waals surface area contributed by atoms with Gasteiger partial charge in [-0.15, -0.1) is 0 Å². The van der Waals surface area contributed by atoms with E-state index in [-0.39, 0.29) is 34.1 Å². The fourth-order valence-electron chi connectivity index (χ4n) is 0.231. The second-order valence-electron chi connectivity index (χ2n) is 1.42. The second kappa shape index (κ2) is 3.88. The predicted octanol–water partition coefficient (Wildman–Crippen LogP) is -3.36. The largest absolute Gasteiger partial charge is 2.00 e. The Bertz CT molecular complexity index is 197. The molecule has 1 rings (SSSR count). The molecule has 72 valence electrons. The maximum absolute atomic E-state index is 10.1. The van der Waals surface area contributed by atoms with Gasteiger partial charge in [0.25, 0.3) is 0 Å². The van der Waals surface area contributed by atoms with E-state index >= 15 is 0 Å². The standard InChI is InChI=1S/2Mn.H2O8P2/c;;1-9(2,3)8-10(4,5)6-7-10/h;;(H2,1,2,3)/q2*+2;-2/p-2. The van der Waals surface area contributed by atoms with Crippen LogP contribution in [-0.2, 0) is 52.4 Å². The van der Waals surface area contributed by atoms with E-state index in [1.165, 1.54) is 0 Å². The van der Waals surface area contributed by atoms with Crippen molar-refractivity contribution in [3.05, 3.63) is 0 Å². The molecule has 0 aromatic heterocycles. The van der Waals surface area contributed by atoms with E-state index in [1.807, 2.05) is 0 Å². The van der Waals surface area contributed by atoms with Crippen molar-refractivity contribution in [3.63, 3.8) is 0 Å². The third-order valence-corrected chi connectivity index (χ3v) is 2.87. The molecule has 1 aliphatic heterocycles. The van der Waals surface area contributed by atoms with Gasteiger partial charge in [0.05, 0.1) is 0 Å². The Morgan fingerprint density at radius 2 is 1.50 bits per heavy atom. The summed E-state index contributed by atoms with van der Waals surface area (Å²) in [5.74, 6) is 0. The van der Waals surface area contributed by atoms with Gasteiger partial charge < -0.3 is 0 Å². The minimum Gasteiger partial charge on any atom is 2.00 e. The molecule has 1 fully saturated rings. The molecule has 1 heterocycles. The predicted molar refractivity (Wildman–Crippen MR) is 17.8 cm³/mol. The maximum Gasteiger partial charge on any atom is 2.00 e. The van der Waals surface area contributed by atoms with Crippen molar-refractivity contribution < 1.29 is 71.9 Å². The summed E-state index contributed by atoms with van der Waals surface area (Å²) in [4.78, 5) is 39.5. The molecular formula is Mn2O8P2. The molecule has 12 heavy (non-hydrogen) atoms. The second-order valence-corrected chi connectivity index (χ2v) is 4.76. The van der Waals surface area contributed by atoms with Crippen LogP contribution in [0, 0.1) is 0 Å². The molecule has 0 atom stereocenters. The Balaban J connectivity index is 0. The number of rotatable bonds is 2. The van der Waals surface area contributed by atoms with Gasteiger partial charge in [-0.1, -0.05) is 0 Å². The Morgan fingerprint density at radius 3 is 1.58 bits per heavy atom. The Kier molecular flexibility index (Phi) is 5.14. The molecule has 0 aromatic rings. The average Bonchev–Trinajstić information content (AvgIpc) is 2.07. The maximum atomic E-state index is 10.1. The minimum absolute atomic E-state index is 0. The molecule has 2 radical (unpaired) electrons. The van der Waals surface area contributed by atoms with Crippen molar-refractivity contribution in [2.24, 2.45) is 0 Å². The molecular weight excluding hydrogens is 300 g/mol. The van der Waals surface area contributed by atoms with Gasteiger partial charge in [0.15, 0.2) is 0 Å². The van der Waals surface area contributed by atoms with Gasteiger partial charge in [-0.25, -0.2) is 0 Å². The van der Waals surface area contributed by atoms with Gasteiger partial charge in [0, 0.05) is 0 Å². The zero-order valence-corrected chi connectivity index (χ0v) is 9.07. The van der Waals surface area contributed by atoms with E-state index in [9.17, 15) is 24.1 Å². The zero-order chi connectivity index (χ0) is 8.07. The molecule has 8 nitrogen and oxygen atoms in total. The van der Waals surface area contributed by atoms with Gasteiger partial charge >= 0.3 is 87.5 Å². The minimum atomic E-state index is -5.88. The molecule has 0 amide bonds. The van der Waals surface area contributed by atoms with Crippen molar-refractivity contribution in [1.82, 2.24) is 0 Å². The van der Waals surface area contributed by atoms with Crippen LogP contribution < -0.4 is 19.6 Å². The average molecular weight is 300 g/mol. The first-order valence-corrected chi connectivity index (χ1v) is 5.10.